The van der Waals surface area contributed by atoms with E-state index in [1.807, 2.05) is 43.3 Å². The molecule has 1 aromatic heterocycles. The van der Waals surface area contributed by atoms with Crippen molar-refractivity contribution in [1.82, 2.24) is 9.66 Å². The zero-order valence-corrected chi connectivity index (χ0v) is 22.5. The van der Waals surface area contributed by atoms with Gasteiger partial charge in [0.15, 0.2) is 11.5 Å². The number of rotatable bonds is 9. The monoisotopic (exact) mass is 569 g/mol. The second-order valence-corrected chi connectivity index (χ2v) is 9.32. The third-order valence-corrected chi connectivity index (χ3v) is 6.20. The smallest absolute Gasteiger partial charge is 0.282 e. The fourth-order valence-electron chi connectivity index (χ4n) is 3.68. The predicted molar refractivity (Wildman–Crippen MR) is 146 cm³/mol. The highest BCUT2D eigenvalue weighted by Gasteiger charge is 2.15. The topological polar surface area (TPSA) is 74.9 Å². The minimum Gasteiger partial charge on any atom is -0.493 e. The van der Waals surface area contributed by atoms with Gasteiger partial charge in [-0.2, -0.15) is 9.78 Å². The van der Waals surface area contributed by atoms with Crippen molar-refractivity contribution in [2.45, 2.75) is 26.4 Å². The van der Waals surface area contributed by atoms with Crippen molar-refractivity contribution in [3.63, 3.8) is 0 Å². The van der Waals surface area contributed by atoms with E-state index in [1.54, 1.807) is 38.6 Å². The molecule has 7 nitrogen and oxygen atoms in total. The minimum absolute atomic E-state index is 0.233. The largest absolute Gasteiger partial charge is 0.493 e. The van der Waals surface area contributed by atoms with Crippen molar-refractivity contribution in [3.8, 4) is 17.2 Å². The Kier molecular flexibility index (Phi) is 8.28. The van der Waals surface area contributed by atoms with Crippen LogP contribution in [0.3, 0.4) is 0 Å². The average Bonchev–Trinajstić information content (AvgIpc) is 2.88. The number of aryl methyl sites for hydroxylation is 1. The summed E-state index contributed by atoms with van der Waals surface area (Å²) in [6.07, 6.45) is 3.02. The molecule has 1 heterocycles. The van der Waals surface area contributed by atoms with Gasteiger partial charge in [0, 0.05) is 21.5 Å². The van der Waals surface area contributed by atoms with Gasteiger partial charge >= 0.3 is 0 Å². The molecule has 0 spiro atoms. The molecule has 0 unspecified atom stereocenters. The van der Waals surface area contributed by atoms with Gasteiger partial charge < -0.3 is 14.2 Å². The molecule has 0 bridgehead atoms. The van der Waals surface area contributed by atoms with E-state index in [1.165, 1.54) is 4.68 Å². The second kappa shape index (κ2) is 11.6. The molecule has 3 aromatic carbocycles. The van der Waals surface area contributed by atoms with E-state index in [-0.39, 0.29) is 5.56 Å². The van der Waals surface area contributed by atoms with Gasteiger partial charge in [0.05, 0.1) is 31.3 Å². The molecule has 0 radical (unpaired) electrons. The first-order valence-electron chi connectivity index (χ1n) is 11.3. The Labute approximate surface area is 222 Å². The Morgan fingerprint density at radius 1 is 1.06 bits per heavy atom. The Balaban J connectivity index is 1.69. The molecular weight excluding hydrogens is 546 g/mol. The van der Waals surface area contributed by atoms with E-state index < -0.39 is 0 Å². The quantitative estimate of drug-likeness (QED) is 0.223. The summed E-state index contributed by atoms with van der Waals surface area (Å²) in [5, 5.41) is 5.64. The Bertz CT molecular complexity index is 1440. The molecule has 0 saturated carbocycles. The normalized spacial score (nSPS) is 11.2. The highest BCUT2D eigenvalue weighted by atomic mass is 79.9. The number of halogens is 2. The summed E-state index contributed by atoms with van der Waals surface area (Å²) in [5.41, 5.74) is 2.03. The summed E-state index contributed by atoms with van der Waals surface area (Å²) in [5.74, 6) is 2.02. The molecule has 0 aliphatic rings. The lowest BCUT2D eigenvalue weighted by molar-refractivity contribution is 0.266. The molecule has 186 valence electrons. The molecule has 0 amide bonds. The third-order valence-electron chi connectivity index (χ3n) is 5.45. The van der Waals surface area contributed by atoms with Crippen LogP contribution >= 0.6 is 27.5 Å². The first-order chi connectivity index (χ1) is 17.4. The first-order valence-corrected chi connectivity index (χ1v) is 12.5. The van der Waals surface area contributed by atoms with Gasteiger partial charge in [0.2, 0.25) is 5.75 Å². The molecule has 36 heavy (non-hydrogen) atoms. The molecule has 0 atom stereocenters. The number of aromatic nitrogens is 2. The van der Waals surface area contributed by atoms with E-state index >= 15 is 0 Å². The summed E-state index contributed by atoms with van der Waals surface area (Å²) in [6, 6.07) is 16.4. The van der Waals surface area contributed by atoms with Crippen LogP contribution in [0, 0.1) is 0 Å². The first kappa shape index (κ1) is 25.7. The maximum absolute atomic E-state index is 13.2. The van der Waals surface area contributed by atoms with Gasteiger partial charge in [-0.25, -0.2) is 4.98 Å². The van der Waals surface area contributed by atoms with Crippen molar-refractivity contribution in [2.75, 3.05) is 14.2 Å². The van der Waals surface area contributed by atoms with Gasteiger partial charge in [0.1, 0.15) is 12.4 Å². The molecule has 0 aliphatic carbocycles. The molecule has 9 heteroatoms. The number of methoxy groups -OCH3 is 2. The van der Waals surface area contributed by atoms with Crippen molar-refractivity contribution >= 4 is 44.6 Å². The van der Waals surface area contributed by atoms with Crippen LogP contribution in [0.4, 0.5) is 0 Å². The Morgan fingerprint density at radius 3 is 2.39 bits per heavy atom. The maximum Gasteiger partial charge on any atom is 0.282 e. The number of hydrogen-bond acceptors (Lipinski definition) is 6. The second-order valence-electron chi connectivity index (χ2n) is 7.97. The zero-order valence-electron chi connectivity index (χ0n) is 20.1. The van der Waals surface area contributed by atoms with Crippen molar-refractivity contribution in [2.24, 2.45) is 5.10 Å². The molecule has 0 aliphatic heterocycles. The van der Waals surface area contributed by atoms with Crippen LogP contribution < -0.4 is 19.8 Å². The standard InChI is InChI=1S/C27H25BrClN3O4/c1-4-5-25-31-22-11-8-19(28)14-21(22)27(33)32(25)30-15-18-12-23(34-2)26(24(13-18)35-3)36-16-17-6-9-20(29)10-7-17/h6-15H,4-5,16H2,1-3H3. The van der Waals surface area contributed by atoms with Crippen molar-refractivity contribution in [3.05, 3.63) is 91.4 Å². The Hall–Kier alpha value is -3.36. The third kappa shape index (κ3) is 5.71. The van der Waals surface area contributed by atoms with Gasteiger partial charge in [-0.15, -0.1) is 0 Å². The van der Waals surface area contributed by atoms with Crippen LogP contribution in [0.2, 0.25) is 5.02 Å². The lowest BCUT2D eigenvalue weighted by atomic mass is 10.2. The van der Waals surface area contributed by atoms with Crippen LogP contribution in [-0.4, -0.2) is 30.1 Å². The van der Waals surface area contributed by atoms with Crippen LogP contribution in [0.15, 0.2) is 69.0 Å². The fraction of sp³-hybridized carbons (Fsp3) is 0.222. The van der Waals surface area contributed by atoms with E-state index in [0.717, 1.165) is 16.5 Å². The molecule has 4 aromatic rings. The highest BCUT2D eigenvalue weighted by molar-refractivity contribution is 9.10. The Morgan fingerprint density at radius 2 is 1.75 bits per heavy atom. The number of nitrogens with zero attached hydrogens (tertiary/aromatic N) is 3. The average molecular weight is 571 g/mol. The number of ether oxygens (including phenoxy) is 3. The summed E-state index contributed by atoms with van der Waals surface area (Å²) in [4.78, 5) is 17.9. The van der Waals surface area contributed by atoms with Gasteiger partial charge in [-0.05, 0) is 54.4 Å². The van der Waals surface area contributed by atoms with Crippen LogP contribution in [-0.2, 0) is 13.0 Å². The molecule has 0 N–H and O–H groups in total. The summed E-state index contributed by atoms with van der Waals surface area (Å²) < 4.78 is 19.3. The van der Waals surface area contributed by atoms with E-state index in [2.05, 4.69) is 26.0 Å². The van der Waals surface area contributed by atoms with Crippen molar-refractivity contribution in [1.29, 1.82) is 0 Å². The van der Waals surface area contributed by atoms with Crippen LogP contribution in [0.5, 0.6) is 17.2 Å². The summed E-state index contributed by atoms with van der Waals surface area (Å²) in [6.45, 7) is 2.34. The van der Waals surface area contributed by atoms with E-state index in [4.69, 9.17) is 25.8 Å². The van der Waals surface area contributed by atoms with Gasteiger partial charge in [-0.3, -0.25) is 4.79 Å². The fourth-order valence-corrected chi connectivity index (χ4v) is 4.16. The number of benzene rings is 3. The lowest BCUT2D eigenvalue weighted by Gasteiger charge is -2.15. The minimum atomic E-state index is -0.233. The van der Waals surface area contributed by atoms with E-state index in [0.29, 0.717) is 57.6 Å². The number of fused-ring (bicyclic) bond motifs is 1. The van der Waals surface area contributed by atoms with E-state index in [9.17, 15) is 4.79 Å². The molecular formula is C27H25BrClN3O4. The van der Waals surface area contributed by atoms with Gasteiger partial charge in [-0.1, -0.05) is 46.6 Å². The summed E-state index contributed by atoms with van der Waals surface area (Å²) >= 11 is 9.39. The molecule has 0 fully saturated rings. The maximum atomic E-state index is 13.2. The van der Waals surface area contributed by atoms with Crippen molar-refractivity contribution < 1.29 is 14.2 Å². The summed E-state index contributed by atoms with van der Waals surface area (Å²) in [7, 11) is 3.11. The highest BCUT2D eigenvalue weighted by Crippen LogP contribution is 2.38. The van der Waals surface area contributed by atoms with Crippen LogP contribution in [0.25, 0.3) is 10.9 Å². The number of hydrogen-bond donors (Lipinski definition) is 0. The molecule has 0 saturated heterocycles. The predicted octanol–water partition coefficient (Wildman–Crippen LogP) is 6.24. The van der Waals surface area contributed by atoms with Gasteiger partial charge in [0.25, 0.3) is 5.56 Å². The van der Waals surface area contributed by atoms with Crippen LogP contribution in [0.1, 0.15) is 30.3 Å². The SMILES string of the molecule is CCCc1nc2ccc(Br)cc2c(=O)n1N=Cc1cc(OC)c(OCc2ccc(Cl)cc2)c(OC)c1. The zero-order chi connectivity index (χ0) is 25.7. The molecule has 4 rings (SSSR count). The lowest BCUT2D eigenvalue weighted by Crippen LogP contribution is -2.22.